The van der Waals surface area contributed by atoms with Crippen molar-refractivity contribution in [2.75, 3.05) is 23.3 Å². The normalized spacial score (nSPS) is 15.7. The molecule has 1 aromatic heterocycles. The highest BCUT2D eigenvalue weighted by molar-refractivity contribution is 7.17. The fourth-order valence-corrected chi connectivity index (χ4v) is 5.15. The molecule has 1 aliphatic carbocycles. The van der Waals surface area contributed by atoms with Gasteiger partial charge in [0.25, 0.3) is 11.6 Å². The van der Waals surface area contributed by atoms with Gasteiger partial charge in [-0.3, -0.25) is 9.69 Å². The Labute approximate surface area is 214 Å². The molecule has 4 rings (SSSR count). The summed E-state index contributed by atoms with van der Waals surface area (Å²) >= 11 is 0. The molecule has 0 bridgehead atoms. The van der Waals surface area contributed by atoms with E-state index in [0.717, 1.165) is 18.5 Å². The highest BCUT2D eigenvalue weighted by atomic mass is 31.0. The van der Waals surface area contributed by atoms with Crippen LogP contribution < -0.4 is 15.5 Å². The number of hydrogen-bond donors (Lipinski definition) is 3. The first-order valence-electron chi connectivity index (χ1n) is 12.9. The Morgan fingerprint density at radius 3 is 2.64 bits per heavy atom. The van der Waals surface area contributed by atoms with Crippen LogP contribution in [-0.4, -0.2) is 29.7 Å². The number of carbonyl (C=O) groups is 1. The Balaban J connectivity index is 1.63. The predicted molar refractivity (Wildman–Crippen MR) is 144 cm³/mol. The van der Waals surface area contributed by atoms with Gasteiger partial charge in [0, 0.05) is 36.3 Å². The number of aromatic nitrogens is 1. The minimum absolute atomic E-state index is 0.0394. The molecule has 1 aliphatic heterocycles. The molecule has 194 valence electrons. The third-order valence-electron chi connectivity index (χ3n) is 6.92. The first kappa shape index (κ1) is 26.6. The molecule has 2 aliphatic rings. The lowest BCUT2D eigenvalue weighted by molar-refractivity contribution is 0.0996. The smallest absolute Gasteiger partial charge is 0.284 e. The predicted octanol–water partition coefficient (Wildman–Crippen LogP) is 5.85. The number of pyridine rings is 1. The summed E-state index contributed by atoms with van der Waals surface area (Å²) in [5.74, 6) is 1.35. The van der Waals surface area contributed by atoms with E-state index in [2.05, 4.69) is 15.6 Å². The second kappa shape index (κ2) is 11.3. The maximum Gasteiger partial charge on any atom is 0.284 e. The van der Waals surface area contributed by atoms with E-state index < -0.39 is 5.66 Å². The van der Waals surface area contributed by atoms with Crippen LogP contribution in [0.3, 0.4) is 0 Å². The number of nitrogens with one attached hydrogen (secondary N) is 3. The molecule has 0 saturated heterocycles. The Bertz CT molecular complexity index is 1130. The van der Waals surface area contributed by atoms with Crippen molar-refractivity contribution >= 4 is 32.5 Å². The Morgan fingerprint density at radius 2 is 2.00 bits per heavy atom. The van der Waals surface area contributed by atoms with Crippen molar-refractivity contribution in [3.63, 3.8) is 0 Å². The van der Waals surface area contributed by atoms with Crippen LogP contribution in [0.2, 0.25) is 0 Å². The van der Waals surface area contributed by atoms with Crippen LogP contribution in [0, 0.1) is 11.3 Å². The molecule has 2 heterocycles. The SMILES string of the molecule is CCCC(=N)Cc1cc(NCC)nc(N2Cc3c(cc(CNCC4CCC4)cc3C(F)(F)P)C2=O)c1. The van der Waals surface area contributed by atoms with Crippen LogP contribution in [0.1, 0.15) is 78.6 Å². The summed E-state index contributed by atoms with van der Waals surface area (Å²) in [7, 11) is 1.62. The van der Waals surface area contributed by atoms with E-state index in [1.165, 1.54) is 30.2 Å². The van der Waals surface area contributed by atoms with Crippen LogP contribution in [0.5, 0.6) is 0 Å². The van der Waals surface area contributed by atoms with Gasteiger partial charge in [-0.25, -0.2) is 4.98 Å². The molecular weight excluding hydrogens is 479 g/mol. The minimum Gasteiger partial charge on any atom is -0.370 e. The maximum atomic E-state index is 14.7. The standard InChI is InChI=1S/C27H36F2N5OP/c1-3-6-20(30)9-18-12-24(32-4-2)33-25(13-18)34-16-22-21(26(34)35)10-19(11-23(22)27(28,29)36)15-31-14-17-7-5-8-17/h10-13,17,30-31H,3-9,14-16,36H2,1-2H3,(H,32,33). The second-order valence-electron chi connectivity index (χ2n) is 9.89. The molecule has 1 fully saturated rings. The molecule has 1 unspecified atom stereocenters. The van der Waals surface area contributed by atoms with Crippen molar-refractivity contribution in [2.45, 2.75) is 71.1 Å². The first-order chi connectivity index (χ1) is 17.2. The Kier molecular flexibility index (Phi) is 8.36. The highest BCUT2D eigenvalue weighted by Gasteiger charge is 2.38. The third kappa shape index (κ3) is 6.09. The van der Waals surface area contributed by atoms with Crippen molar-refractivity contribution in [1.82, 2.24) is 10.3 Å². The van der Waals surface area contributed by atoms with Crippen LogP contribution in [-0.2, 0) is 25.2 Å². The van der Waals surface area contributed by atoms with E-state index in [-0.39, 0.29) is 18.0 Å². The van der Waals surface area contributed by atoms with E-state index in [0.29, 0.717) is 65.9 Å². The molecule has 0 radical (unpaired) electrons. The zero-order valence-electron chi connectivity index (χ0n) is 21.1. The maximum absolute atomic E-state index is 14.7. The molecule has 1 atom stereocenters. The number of halogens is 2. The van der Waals surface area contributed by atoms with Gasteiger partial charge in [-0.2, -0.15) is 8.78 Å². The molecule has 1 saturated carbocycles. The quantitative estimate of drug-likeness (QED) is 0.245. The topological polar surface area (TPSA) is 81.1 Å². The highest BCUT2D eigenvalue weighted by Crippen LogP contribution is 2.42. The molecule has 3 N–H and O–H groups in total. The summed E-state index contributed by atoms with van der Waals surface area (Å²) in [6, 6.07) is 6.96. The molecule has 0 spiro atoms. The summed E-state index contributed by atoms with van der Waals surface area (Å²) in [5.41, 5.74) is -0.459. The zero-order valence-corrected chi connectivity index (χ0v) is 22.2. The van der Waals surface area contributed by atoms with E-state index in [1.54, 1.807) is 21.4 Å². The van der Waals surface area contributed by atoms with Gasteiger partial charge in [-0.1, -0.05) is 29.0 Å². The lowest BCUT2D eigenvalue weighted by Gasteiger charge is -2.25. The number of amides is 1. The van der Waals surface area contributed by atoms with Crippen molar-refractivity contribution < 1.29 is 13.6 Å². The van der Waals surface area contributed by atoms with Crippen LogP contribution in [0.15, 0.2) is 24.3 Å². The summed E-state index contributed by atoms with van der Waals surface area (Å²) in [6.07, 6.45) is 5.72. The molecule has 1 aromatic carbocycles. The minimum atomic E-state index is -3.15. The van der Waals surface area contributed by atoms with Gasteiger partial charge >= 0.3 is 0 Å². The average molecular weight is 516 g/mol. The van der Waals surface area contributed by atoms with Crippen molar-refractivity contribution in [3.05, 3.63) is 52.1 Å². The number of hydrogen-bond acceptors (Lipinski definition) is 5. The van der Waals surface area contributed by atoms with Gasteiger partial charge in [0.2, 0.25) is 0 Å². The molecule has 9 heteroatoms. The summed E-state index contributed by atoms with van der Waals surface area (Å²) in [6.45, 7) is 5.99. The lowest BCUT2D eigenvalue weighted by Crippen LogP contribution is -2.27. The van der Waals surface area contributed by atoms with E-state index >= 15 is 0 Å². The van der Waals surface area contributed by atoms with Gasteiger partial charge in [-0.05, 0) is 79.6 Å². The summed E-state index contributed by atoms with van der Waals surface area (Å²) < 4.78 is 29.3. The number of carbonyl (C=O) groups excluding carboxylic acids is 1. The second-order valence-corrected chi connectivity index (χ2v) is 10.6. The van der Waals surface area contributed by atoms with Gasteiger partial charge in [0.1, 0.15) is 11.6 Å². The van der Waals surface area contributed by atoms with Gasteiger partial charge < -0.3 is 16.0 Å². The zero-order chi connectivity index (χ0) is 25.9. The van der Waals surface area contributed by atoms with Crippen molar-refractivity contribution in [1.29, 1.82) is 5.41 Å². The van der Waals surface area contributed by atoms with E-state index in [4.69, 9.17) is 5.41 Å². The van der Waals surface area contributed by atoms with Crippen LogP contribution >= 0.6 is 9.24 Å². The van der Waals surface area contributed by atoms with E-state index in [9.17, 15) is 13.6 Å². The van der Waals surface area contributed by atoms with Gasteiger partial charge in [0.15, 0.2) is 0 Å². The number of benzene rings is 1. The van der Waals surface area contributed by atoms with Crippen molar-refractivity contribution in [2.24, 2.45) is 5.92 Å². The monoisotopic (exact) mass is 515 g/mol. The molecule has 2 aromatic rings. The third-order valence-corrected chi connectivity index (χ3v) is 7.23. The fraction of sp³-hybridized carbons (Fsp3) is 0.519. The lowest BCUT2D eigenvalue weighted by atomic mass is 9.85. The van der Waals surface area contributed by atoms with Crippen LogP contribution in [0.4, 0.5) is 20.4 Å². The number of fused-ring (bicyclic) bond motifs is 1. The Morgan fingerprint density at radius 1 is 1.22 bits per heavy atom. The van der Waals surface area contributed by atoms with Gasteiger partial charge in [-0.15, -0.1) is 0 Å². The van der Waals surface area contributed by atoms with Crippen molar-refractivity contribution in [3.8, 4) is 0 Å². The van der Waals surface area contributed by atoms with Crippen LogP contribution in [0.25, 0.3) is 0 Å². The number of nitrogens with zero attached hydrogens (tertiary/aromatic N) is 2. The molecular formula is C27H36F2N5OP. The van der Waals surface area contributed by atoms with E-state index in [1.807, 2.05) is 19.9 Å². The first-order valence-corrected chi connectivity index (χ1v) is 13.4. The largest absolute Gasteiger partial charge is 0.370 e. The number of rotatable bonds is 12. The molecule has 6 nitrogen and oxygen atoms in total. The summed E-state index contributed by atoms with van der Waals surface area (Å²) in [4.78, 5) is 19.6. The molecule has 1 amide bonds. The van der Waals surface area contributed by atoms with Gasteiger partial charge in [0.05, 0.1) is 6.54 Å². The summed E-state index contributed by atoms with van der Waals surface area (Å²) in [5, 5.41) is 14.8. The Hall–Kier alpha value is -2.44. The molecule has 36 heavy (non-hydrogen) atoms. The fourth-order valence-electron chi connectivity index (χ4n) is 4.89. The average Bonchev–Trinajstić information content (AvgIpc) is 3.11. The number of alkyl halides is 2. The number of anilines is 2.